The van der Waals surface area contributed by atoms with Crippen LogP contribution in [0.25, 0.3) is 0 Å². The molecule has 8 heteroatoms. The lowest BCUT2D eigenvalue weighted by Crippen LogP contribution is -2.49. The molecule has 0 radical (unpaired) electrons. The van der Waals surface area contributed by atoms with Crippen molar-refractivity contribution in [2.45, 2.75) is 45.6 Å². The molecular weight excluding hydrogens is 400 g/mol. The summed E-state index contributed by atoms with van der Waals surface area (Å²) in [7, 11) is 0. The number of nitrogens with one attached hydrogen (secondary N) is 2. The van der Waals surface area contributed by atoms with Crippen molar-refractivity contribution >= 4 is 18.2 Å². The molecule has 2 rings (SSSR count). The van der Waals surface area contributed by atoms with Crippen LogP contribution in [0.1, 0.15) is 31.9 Å². The Hall–Kier alpha value is -3.55. The van der Waals surface area contributed by atoms with E-state index in [1.165, 1.54) is 0 Å². The molecule has 2 aromatic carbocycles. The Labute approximate surface area is 181 Å². The van der Waals surface area contributed by atoms with E-state index < -0.39 is 29.8 Å². The van der Waals surface area contributed by atoms with E-state index >= 15 is 0 Å². The fourth-order valence-electron chi connectivity index (χ4n) is 2.43. The Kier molecular flexibility index (Phi) is 8.87. The van der Waals surface area contributed by atoms with Crippen molar-refractivity contribution in [1.82, 2.24) is 10.6 Å². The smallest absolute Gasteiger partial charge is 0.408 e. The Bertz CT molecular complexity index is 849. The molecule has 166 valence electrons. The van der Waals surface area contributed by atoms with E-state index in [0.29, 0.717) is 0 Å². The normalized spacial score (nSPS) is 11.7. The molecule has 8 nitrogen and oxygen atoms in total. The minimum atomic E-state index is -1.15. The van der Waals surface area contributed by atoms with Crippen molar-refractivity contribution in [3.63, 3.8) is 0 Å². The summed E-state index contributed by atoms with van der Waals surface area (Å²) >= 11 is 0. The highest BCUT2D eigenvalue weighted by Gasteiger charge is 2.25. The fraction of sp³-hybridized carbons (Fsp3) is 0.348. The summed E-state index contributed by atoms with van der Waals surface area (Å²) in [6, 6.07) is 17.1. The molecule has 0 unspecified atom stereocenters. The van der Waals surface area contributed by atoms with Crippen LogP contribution in [0.4, 0.5) is 9.59 Å². The van der Waals surface area contributed by atoms with E-state index in [9.17, 15) is 14.4 Å². The van der Waals surface area contributed by atoms with Gasteiger partial charge in [0.05, 0.1) is 6.54 Å². The minimum Gasteiger partial charge on any atom is -0.459 e. The monoisotopic (exact) mass is 428 g/mol. The van der Waals surface area contributed by atoms with Crippen LogP contribution in [0.15, 0.2) is 60.7 Å². The number of hydrogen-bond acceptors (Lipinski definition) is 6. The van der Waals surface area contributed by atoms with Gasteiger partial charge in [-0.2, -0.15) is 0 Å². The highest BCUT2D eigenvalue weighted by Crippen LogP contribution is 2.07. The van der Waals surface area contributed by atoms with Gasteiger partial charge in [0.25, 0.3) is 0 Å². The standard InChI is InChI=1S/C23H28N2O6/c1-23(2,3)31-21(27)24-14-19(20(26)29-15-17-10-6-4-7-11-17)25-22(28)30-16-18-12-8-5-9-13-18/h4-13,19H,14-16H2,1-3H3,(H,24,27)(H,25,28)/t19-/m1/s1. The minimum absolute atomic E-state index is 0.0311. The van der Waals surface area contributed by atoms with E-state index in [-0.39, 0.29) is 19.8 Å². The van der Waals surface area contributed by atoms with Gasteiger partial charge in [0.2, 0.25) is 0 Å². The van der Waals surface area contributed by atoms with Gasteiger partial charge in [-0.15, -0.1) is 0 Å². The number of rotatable bonds is 8. The van der Waals surface area contributed by atoms with Crippen LogP contribution in [0, 0.1) is 0 Å². The zero-order chi connectivity index (χ0) is 22.7. The molecule has 2 amide bonds. The SMILES string of the molecule is CC(C)(C)OC(=O)NC[C@@H](NC(=O)OCc1ccccc1)C(=O)OCc1ccccc1. The Balaban J connectivity index is 1.93. The van der Waals surface area contributed by atoms with Crippen LogP contribution >= 0.6 is 0 Å². The van der Waals surface area contributed by atoms with E-state index in [1.807, 2.05) is 60.7 Å². The Morgan fingerprint density at radius 2 is 1.32 bits per heavy atom. The molecule has 2 aromatic rings. The van der Waals surface area contributed by atoms with Crippen LogP contribution in [-0.2, 0) is 32.2 Å². The Morgan fingerprint density at radius 3 is 1.84 bits per heavy atom. The number of hydrogen-bond donors (Lipinski definition) is 2. The van der Waals surface area contributed by atoms with Crippen LogP contribution in [-0.4, -0.2) is 36.3 Å². The van der Waals surface area contributed by atoms with E-state index in [4.69, 9.17) is 14.2 Å². The molecule has 0 aliphatic rings. The first kappa shape index (κ1) is 23.7. The van der Waals surface area contributed by atoms with Gasteiger partial charge in [-0.3, -0.25) is 0 Å². The average Bonchev–Trinajstić information content (AvgIpc) is 2.73. The van der Waals surface area contributed by atoms with Crippen molar-refractivity contribution in [1.29, 1.82) is 0 Å². The number of ether oxygens (including phenoxy) is 3. The van der Waals surface area contributed by atoms with Crippen LogP contribution < -0.4 is 10.6 Å². The molecule has 31 heavy (non-hydrogen) atoms. The second kappa shape index (κ2) is 11.6. The largest absolute Gasteiger partial charge is 0.459 e. The molecule has 0 spiro atoms. The van der Waals surface area contributed by atoms with Crippen molar-refractivity contribution < 1.29 is 28.6 Å². The number of esters is 1. The zero-order valence-electron chi connectivity index (χ0n) is 17.9. The lowest BCUT2D eigenvalue weighted by Gasteiger charge is -2.22. The van der Waals surface area contributed by atoms with E-state index in [1.54, 1.807) is 20.8 Å². The summed E-state index contributed by atoms with van der Waals surface area (Å²) in [5.41, 5.74) is 0.893. The molecule has 0 heterocycles. The first-order valence-corrected chi connectivity index (χ1v) is 9.87. The molecule has 0 aliphatic heterocycles. The molecule has 0 saturated carbocycles. The quantitative estimate of drug-likeness (QED) is 0.492. The molecule has 1 atom stereocenters. The van der Waals surface area contributed by atoms with Crippen molar-refractivity contribution in [3.05, 3.63) is 71.8 Å². The number of carbonyl (C=O) groups is 3. The summed E-state index contributed by atoms with van der Waals surface area (Å²) in [6.07, 6.45) is -1.52. The lowest BCUT2D eigenvalue weighted by atomic mass is 10.2. The topological polar surface area (TPSA) is 103 Å². The van der Waals surface area contributed by atoms with Gasteiger partial charge < -0.3 is 24.8 Å². The number of alkyl carbamates (subject to hydrolysis) is 2. The van der Waals surface area contributed by atoms with Gasteiger partial charge in [-0.1, -0.05) is 60.7 Å². The number of amides is 2. The molecular formula is C23H28N2O6. The Morgan fingerprint density at radius 1 is 0.806 bits per heavy atom. The molecule has 0 saturated heterocycles. The molecule has 2 N–H and O–H groups in total. The fourth-order valence-corrected chi connectivity index (χ4v) is 2.43. The van der Waals surface area contributed by atoms with Crippen molar-refractivity contribution in [2.24, 2.45) is 0 Å². The summed E-state index contributed by atoms with van der Waals surface area (Å²) in [6.45, 7) is 5.01. The highest BCUT2D eigenvalue weighted by atomic mass is 16.6. The third-order valence-corrected chi connectivity index (χ3v) is 3.86. The predicted octanol–water partition coefficient (Wildman–Crippen LogP) is 3.55. The maximum Gasteiger partial charge on any atom is 0.408 e. The van der Waals surface area contributed by atoms with Crippen molar-refractivity contribution in [2.75, 3.05) is 6.54 Å². The van der Waals surface area contributed by atoms with Crippen molar-refractivity contribution in [3.8, 4) is 0 Å². The van der Waals surface area contributed by atoms with Gasteiger partial charge >= 0.3 is 18.2 Å². The molecule has 0 aliphatic carbocycles. The van der Waals surface area contributed by atoms with E-state index in [2.05, 4.69) is 10.6 Å². The van der Waals surface area contributed by atoms with Crippen LogP contribution in [0.2, 0.25) is 0 Å². The summed E-state index contributed by atoms with van der Waals surface area (Å²) in [5.74, 6) is -0.712. The second-order valence-corrected chi connectivity index (χ2v) is 7.73. The second-order valence-electron chi connectivity index (χ2n) is 7.73. The predicted molar refractivity (Wildman–Crippen MR) is 114 cm³/mol. The number of benzene rings is 2. The zero-order valence-corrected chi connectivity index (χ0v) is 17.9. The average molecular weight is 428 g/mol. The maximum atomic E-state index is 12.5. The lowest BCUT2D eigenvalue weighted by molar-refractivity contribution is -0.147. The summed E-state index contributed by atoms with van der Waals surface area (Å²) in [5, 5.41) is 4.90. The summed E-state index contributed by atoms with van der Waals surface area (Å²) < 4.78 is 15.6. The van der Waals surface area contributed by atoms with Crippen LogP contribution in [0.3, 0.4) is 0 Å². The highest BCUT2D eigenvalue weighted by molar-refractivity contribution is 5.82. The third-order valence-electron chi connectivity index (χ3n) is 3.86. The molecule has 0 bridgehead atoms. The van der Waals surface area contributed by atoms with Gasteiger partial charge in [0, 0.05) is 0 Å². The summed E-state index contributed by atoms with van der Waals surface area (Å²) in [4.78, 5) is 36.7. The van der Waals surface area contributed by atoms with Gasteiger partial charge in [0.15, 0.2) is 0 Å². The van der Waals surface area contributed by atoms with Gasteiger partial charge in [0.1, 0.15) is 24.9 Å². The third kappa shape index (κ3) is 9.66. The van der Waals surface area contributed by atoms with E-state index in [0.717, 1.165) is 11.1 Å². The maximum absolute atomic E-state index is 12.5. The molecule has 0 aromatic heterocycles. The van der Waals surface area contributed by atoms with Gasteiger partial charge in [-0.25, -0.2) is 14.4 Å². The molecule has 0 fully saturated rings. The first-order valence-electron chi connectivity index (χ1n) is 9.87. The number of carbonyl (C=O) groups excluding carboxylic acids is 3. The first-order chi connectivity index (χ1) is 14.7. The van der Waals surface area contributed by atoms with Gasteiger partial charge in [-0.05, 0) is 31.9 Å². The van der Waals surface area contributed by atoms with Crippen LogP contribution in [0.5, 0.6) is 0 Å².